The number of quaternary nitrogens is 2. The van der Waals surface area contributed by atoms with Gasteiger partial charge < -0.3 is 29.9 Å². The minimum absolute atomic E-state index is 0.167. The number of hydrogen-bond acceptors (Lipinski definition) is 4. The number of ether oxygens (including phenoxy) is 2. The highest BCUT2D eigenvalue weighted by Crippen LogP contribution is 2.10. The Bertz CT molecular complexity index is 414. The lowest BCUT2D eigenvalue weighted by Gasteiger charge is -2.34. The van der Waals surface area contributed by atoms with E-state index in [1.807, 2.05) is 9.80 Å². The molecule has 3 heterocycles. The van der Waals surface area contributed by atoms with Crippen molar-refractivity contribution in [3.05, 3.63) is 0 Å². The average molecular weight is 370 g/mol. The van der Waals surface area contributed by atoms with Gasteiger partial charge in [0.05, 0.1) is 0 Å². The van der Waals surface area contributed by atoms with E-state index in [1.165, 1.54) is 0 Å². The molecule has 0 spiro atoms. The highest BCUT2D eigenvalue weighted by atomic mass is 16.5. The van der Waals surface area contributed by atoms with Gasteiger partial charge in [-0.2, -0.15) is 0 Å². The first-order valence-corrected chi connectivity index (χ1v) is 10.1. The molecule has 148 valence electrons. The third-order valence-corrected chi connectivity index (χ3v) is 5.53. The SMILES string of the molecule is O=C(C[NH2+]C[C@@H]1CCCO1)N1CCN(C(=O)C[NH2+]C[C@@H]2CCCO2)CC1. The molecule has 2 atom stereocenters. The molecule has 0 unspecified atom stereocenters. The normalized spacial score (nSPS) is 26.5. The van der Waals surface area contributed by atoms with Crippen LogP contribution in [0.5, 0.6) is 0 Å². The highest BCUT2D eigenvalue weighted by Gasteiger charge is 2.26. The summed E-state index contributed by atoms with van der Waals surface area (Å²) >= 11 is 0. The van der Waals surface area contributed by atoms with E-state index in [-0.39, 0.29) is 11.8 Å². The Kier molecular flexibility index (Phi) is 7.67. The number of nitrogens with two attached hydrogens (primary N) is 2. The van der Waals surface area contributed by atoms with Gasteiger partial charge in [0.25, 0.3) is 11.8 Å². The fourth-order valence-electron chi connectivity index (χ4n) is 3.91. The van der Waals surface area contributed by atoms with E-state index < -0.39 is 0 Å². The van der Waals surface area contributed by atoms with Crippen molar-refractivity contribution in [3.8, 4) is 0 Å². The van der Waals surface area contributed by atoms with E-state index >= 15 is 0 Å². The smallest absolute Gasteiger partial charge is 0.277 e. The van der Waals surface area contributed by atoms with Crippen LogP contribution in [0.15, 0.2) is 0 Å². The van der Waals surface area contributed by atoms with Gasteiger partial charge in [0.2, 0.25) is 0 Å². The molecule has 0 radical (unpaired) electrons. The van der Waals surface area contributed by atoms with Crippen molar-refractivity contribution in [1.29, 1.82) is 0 Å². The Morgan fingerprint density at radius 3 is 1.54 bits per heavy atom. The van der Waals surface area contributed by atoms with E-state index in [2.05, 4.69) is 10.6 Å². The van der Waals surface area contributed by atoms with E-state index in [4.69, 9.17) is 9.47 Å². The lowest BCUT2D eigenvalue weighted by atomic mass is 10.2. The van der Waals surface area contributed by atoms with Gasteiger partial charge in [-0.3, -0.25) is 9.59 Å². The van der Waals surface area contributed by atoms with Gasteiger partial charge in [0.15, 0.2) is 13.1 Å². The van der Waals surface area contributed by atoms with Crippen LogP contribution in [0.25, 0.3) is 0 Å². The van der Waals surface area contributed by atoms with Crippen LogP contribution in [0.4, 0.5) is 0 Å². The van der Waals surface area contributed by atoms with Crippen LogP contribution in [0.2, 0.25) is 0 Å². The second kappa shape index (κ2) is 10.2. The maximum absolute atomic E-state index is 12.3. The summed E-state index contributed by atoms with van der Waals surface area (Å²) in [7, 11) is 0. The minimum Gasteiger partial charge on any atom is -0.372 e. The minimum atomic E-state index is 0.167. The third-order valence-electron chi connectivity index (χ3n) is 5.53. The number of carbonyl (C=O) groups excluding carboxylic acids is 2. The molecule has 2 amide bonds. The molecule has 0 aromatic heterocycles. The van der Waals surface area contributed by atoms with Crippen LogP contribution in [-0.4, -0.2) is 99.4 Å². The average Bonchev–Trinajstić information content (AvgIpc) is 3.36. The van der Waals surface area contributed by atoms with E-state index in [9.17, 15) is 9.59 Å². The highest BCUT2D eigenvalue weighted by molar-refractivity contribution is 5.79. The zero-order valence-electron chi connectivity index (χ0n) is 15.7. The lowest BCUT2D eigenvalue weighted by Crippen LogP contribution is -2.89. The molecule has 0 aromatic rings. The molecule has 8 heteroatoms. The standard InChI is InChI=1S/C18H32N4O4/c23-17(13-19-11-15-3-1-9-25-15)21-5-7-22(8-6-21)18(24)14-20-12-16-4-2-10-26-16/h15-16,19-20H,1-14H2/p+2/t15-,16-/m0/s1. The topological polar surface area (TPSA) is 92.3 Å². The zero-order valence-corrected chi connectivity index (χ0v) is 15.7. The van der Waals surface area contributed by atoms with Crippen molar-refractivity contribution in [3.63, 3.8) is 0 Å². The van der Waals surface area contributed by atoms with Gasteiger partial charge in [-0.05, 0) is 25.7 Å². The quantitative estimate of drug-likeness (QED) is 0.481. The summed E-state index contributed by atoms with van der Waals surface area (Å²) < 4.78 is 11.1. The van der Waals surface area contributed by atoms with Crippen molar-refractivity contribution < 1.29 is 29.7 Å². The second-order valence-corrected chi connectivity index (χ2v) is 7.49. The third kappa shape index (κ3) is 5.90. The molecule has 0 aromatic carbocycles. The van der Waals surface area contributed by atoms with Crippen LogP contribution < -0.4 is 10.6 Å². The molecule has 3 fully saturated rings. The van der Waals surface area contributed by atoms with Crippen LogP contribution in [0.1, 0.15) is 25.7 Å². The largest absolute Gasteiger partial charge is 0.372 e. The van der Waals surface area contributed by atoms with E-state index in [0.717, 1.165) is 52.0 Å². The molecule has 0 aliphatic carbocycles. The first-order valence-electron chi connectivity index (χ1n) is 10.1. The Hall–Kier alpha value is -1.22. The summed E-state index contributed by atoms with van der Waals surface area (Å²) in [4.78, 5) is 28.4. The van der Waals surface area contributed by atoms with E-state index in [0.29, 0.717) is 51.5 Å². The first kappa shape index (κ1) is 19.5. The number of rotatable bonds is 8. The molecule has 8 nitrogen and oxygen atoms in total. The molecule has 26 heavy (non-hydrogen) atoms. The first-order chi connectivity index (χ1) is 12.7. The van der Waals surface area contributed by atoms with Crippen molar-refractivity contribution >= 4 is 11.8 Å². The maximum atomic E-state index is 12.3. The number of piperazine rings is 1. The summed E-state index contributed by atoms with van der Waals surface area (Å²) in [6.45, 7) is 6.96. The van der Waals surface area contributed by atoms with Gasteiger partial charge >= 0.3 is 0 Å². The predicted molar refractivity (Wildman–Crippen MR) is 94.4 cm³/mol. The fraction of sp³-hybridized carbons (Fsp3) is 0.889. The number of hydrogen-bond donors (Lipinski definition) is 2. The Morgan fingerprint density at radius 1 is 0.769 bits per heavy atom. The van der Waals surface area contributed by atoms with E-state index in [1.54, 1.807) is 0 Å². The summed E-state index contributed by atoms with van der Waals surface area (Å²) in [5, 5.41) is 4.10. The molecule has 4 N–H and O–H groups in total. The number of carbonyl (C=O) groups is 2. The number of nitrogens with zero attached hydrogens (tertiary/aromatic N) is 2. The Balaban J connectivity index is 1.26. The molecular weight excluding hydrogens is 336 g/mol. The lowest BCUT2D eigenvalue weighted by molar-refractivity contribution is -0.651. The summed E-state index contributed by atoms with van der Waals surface area (Å²) in [5.41, 5.74) is 0. The molecule has 3 saturated heterocycles. The molecule has 3 rings (SSSR count). The van der Waals surface area contributed by atoms with Crippen LogP contribution in [-0.2, 0) is 19.1 Å². The molecule has 0 bridgehead atoms. The zero-order chi connectivity index (χ0) is 18.2. The van der Waals surface area contributed by atoms with Gasteiger partial charge in [-0.1, -0.05) is 0 Å². The summed E-state index contributed by atoms with van der Waals surface area (Å²) in [5.74, 6) is 0.333. The predicted octanol–water partition coefficient (Wildman–Crippen LogP) is -2.86. The Labute approximate surface area is 155 Å². The van der Waals surface area contributed by atoms with Gasteiger partial charge in [-0.25, -0.2) is 0 Å². The number of amides is 2. The van der Waals surface area contributed by atoms with Gasteiger partial charge in [0.1, 0.15) is 25.3 Å². The summed E-state index contributed by atoms with van der Waals surface area (Å²) in [6.07, 6.45) is 5.09. The second-order valence-electron chi connectivity index (χ2n) is 7.49. The van der Waals surface area contributed by atoms with Crippen molar-refractivity contribution in [2.75, 3.05) is 65.6 Å². The van der Waals surface area contributed by atoms with Crippen LogP contribution >= 0.6 is 0 Å². The molecule has 3 aliphatic heterocycles. The van der Waals surface area contributed by atoms with Gasteiger partial charge in [-0.15, -0.1) is 0 Å². The maximum Gasteiger partial charge on any atom is 0.277 e. The molecule has 0 saturated carbocycles. The van der Waals surface area contributed by atoms with Crippen molar-refractivity contribution in [1.82, 2.24) is 9.80 Å². The van der Waals surface area contributed by atoms with Crippen LogP contribution in [0.3, 0.4) is 0 Å². The Morgan fingerprint density at radius 2 is 1.19 bits per heavy atom. The van der Waals surface area contributed by atoms with Crippen molar-refractivity contribution in [2.45, 2.75) is 37.9 Å². The fourth-order valence-corrected chi connectivity index (χ4v) is 3.91. The molecule has 3 aliphatic rings. The molecular formula is C18H34N4O4+2. The summed E-state index contributed by atoms with van der Waals surface area (Å²) in [6, 6.07) is 0. The monoisotopic (exact) mass is 370 g/mol. The van der Waals surface area contributed by atoms with Crippen LogP contribution in [0, 0.1) is 0 Å². The van der Waals surface area contributed by atoms with Gasteiger partial charge in [0, 0.05) is 39.4 Å². The van der Waals surface area contributed by atoms with Crippen molar-refractivity contribution in [2.24, 2.45) is 0 Å².